The molecule has 3 heteroatoms. The van der Waals surface area contributed by atoms with Gasteiger partial charge in [-0.05, 0) is 5.56 Å². The van der Waals surface area contributed by atoms with E-state index in [9.17, 15) is 4.79 Å². The fraction of sp³-hybridized carbons (Fsp3) is 0.300. The summed E-state index contributed by atoms with van der Waals surface area (Å²) < 4.78 is 9.74. The van der Waals surface area contributed by atoms with Crippen LogP contribution in [0.2, 0.25) is 0 Å². The number of carbonyl (C=O) groups excluding carboxylic acids is 1. The molecule has 1 heterocycles. The zero-order valence-electron chi connectivity index (χ0n) is 7.27. The highest BCUT2D eigenvalue weighted by Gasteiger charge is 2.46. The highest BCUT2D eigenvalue weighted by molar-refractivity contribution is 5.78. The molecule has 0 N–H and O–H groups in total. The summed E-state index contributed by atoms with van der Waals surface area (Å²) in [5.74, 6) is -0.297. The minimum atomic E-state index is -0.396. The van der Waals surface area contributed by atoms with Gasteiger partial charge in [0.2, 0.25) is 0 Å². The Bertz CT molecular complexity index is 307. The molecule has 13 heavy (non-hydrogen) atoms. The normalized spacial score (nSPS) is 25.3. The van der Waals surface area contributed by atoms with Crippen LogP contribution in [0.25, 0.3) is 0 Å². The lowest BCUT2D eigenvalue weighted by atomic mass is 10.1. The first-order chi connectivity index (χ1) is 6.33. The van der Waals surface area contributed by atoms with Gasteiger partial charge in [-0.2, -0.15) is 0 Å². The van der Waals surface area contributed by atoms with Gasteiger partial charge in [-0.1, -0.05) is 30.3 Å². The summed E-state index contributed by atoms with van der Waals surface area (Å²) in [6.07, 6.45) is -0.499. The fourth-order valence-corrected chi connectivity index (χ4v) is 1.30. The predicted octanol–water partition coefficient (Wildman–Crippen LogP) is 1.30. The predicted molar refractivity (Wildman–Crippen MR) is 46.1 cm³/mol. The van der Waals surface area contributed by atoms with Crippen molar-refractivity contribution in [1.82, 2.24) is 0 Å². The number of hydrogen-bond acceptors (Lipinski definition) is 3. The molecule has 1 unspecified atom stereocenters. The average Bonchev–Trinajstić information content (AvgIpc) is 2.98. The lowest BCUT2D eigenvalue weighted by molar-refractivity contribution is -0.142. The zero-order valence-corrected chi connectivity index (χ0v) is 7.27. The maximum atomic E-state index is 11.0. The Hall–Kier alpha value is -1.35. The summed E-state index contributed by atoms with van der Waals surface area (Å²) in [4.78, 5) is 11.0. The van der Waals surface area contributed by atoms with Crippen LogP contribution in [0.1, 0.15) is 11.7 Å². The summed E-state index contributed by atoms with van der Waals surface area (Å²) in [5.41, 5.74) is 1.03. The van der Waals surface area contributed by atoms with Crippen molar-refractivity contribution in [3.8, 4) is 0 Å². The van der Waals surface area contributed by atoms with Gasteiger partial charge in [-0.15, -0.1) is 0 Å². The molecule has 0 radical (unpaired) electrons. The Morgan fingerprint density at radius 1 is 1.38 bits per heavy atom. The Balaban J connectivity index is 2.04. The molecule has 0 saturated carbocycles. The van der Waals surface area contributed by atoms with Crippen LogP contribution < -0.4 is 0 Å². The quantitative estimate of drug-likeness (QED) is 0.506. The molecule has 0 bridgehead atoms. The smallest absolute Gasteiger partial charge is 0.338 e. The van der Waals surface area contributed by atoms with Gasteiger partial charge in [-0.25, -0.2) is 4.79 Å². The third-order valence-corrected chi connectivity index (χ3v) is 2.05. The Morgan fingerprint density at radius 3 is 2.69 bits per heavy atom. The highest BCUT2D eigenvalue weighted by Crippen LogP contribution is 2.38. The Morgan fingerprint density at radius 2 is 2.08 bits per heavy atom. The van der Waals surface area contributed by atoms with E-state index in [2.05, 4.69) is 4.74 Å². The first-order valence-electron chi connectivity index (χ1n) is 4.11. The summed E-state index contributed by atoms with van der Waals surface area (Å²) in [6, 6.07) is 9.65. The number of hydrogen-bond donors (Lipinski definition) is 0. The van der Waals surface area contributed by atoms with E-state index < -0.39 is 6.10 Å². The molecule has 0 spiro atoms. The van der Waals surface area contributed by atoms with Gasteiger partial charge < -0.3 is 9.47 Å². The molecule has 3 nitrogen and oxygen atoms in total. The van der Waals surface area contributed by atoms with Gasteiger partial charge in [0.15, 0.2) is 6.10 Å². The van der Waals surface area contributed by atoms with E-state index in [1.165, 1.54) is 7.11 Å². The second-order valence-electron chi connectivity index (χ2n) is 2.91. The van der Waals surface area contributed by atoms with Gasteiger partial charge in [0, 0.05) is 0 Å². The second-order valence-corrected chi connectivity index (χ2v) is 2.91. The van der Waals surface area contributed by atoms with Gasteiger partial charge in [0.05, 0.1) is 7.11 Å². The van der Waals surface area contributed by atoms with Gasteiger partial charge in [0.1, 0.15) is 6.10 Å². The molecular weight excluding hydrogens is 168 g/mol. The molecule has 1 aromatic rings. The maximum absolute atomic E-state index is 11.0. The standard InChI is InChI=1S/C10H10O3/c1-12-10(11)9-8(13-9)7-5-3-2-4-6-7/h2-6,8-9H,1H3/t8?,9-/m1/s1. The summed E-state index contributed by atoms with van der Waals surface area (Å²) in [5, 5.41) is 0. The molecule has 1 saturated heterocycles. The first kappa shape index (κ1) is 8.26. The third kappa shape index (κ3) is 1.55. The minimum absolute atomic E-state index is 0.103. The largest absolute Gasteiger partial charge is 0.467 e. The van der Waals surface area contributed by atoms with E-state index in [1.54, 1.807) is 0 Å². The zero-order chi connectivity index (χ0) is 9.26. The molecule has 68 valence electrons. The number of methoxy groups -OCH3 is 1. The van der Waals surface area contributed by atoms with Crippen LogP contribution in [0.4, 0.5) is 0 Å². The van der Waals surface area contributed by atoms with E-state index in [-0.39, 0.29) is 12.1 Å². The lowest BCUT2D eigenvalue weighted by Gasteiger charge is -1.93. The number of rotatable bonds is 2. The van der Waals surface area contributed by atoms with Crippen molar-refractivity contribution in [1.29, 1.82) is 0 Å². The van der Waals surface area contributed by atoms with E-state index in [0.29, 0.717) is 0 Å². The molecule has 0 aromatic heterocycles. The first-order valence-corrected chi connectivity index (χ1v) is 4.11. The highest BCUT2D eigenvalue weighted by atomic mass is 16.6. The van der Waals surface area contributed by atoms with Crippen LogP contribution in [0.5, 0.6) is 0 Å². The van der Waals surface area contributed by atoms with Crippen molar-refractivity contribution in [2.75, 3.05) is 7.11 Å². The molecule has 2 atom stereocenters. The van der Waals surface area contributed by atoms with E-state index in [1.807, 2.05) is 30.3 Å². The van der Waals surface area contributed by atoms with Gasteiger partial charge >= 0.3 is 5.97 Å². The number of epoxide rings is 1. The van der Waals surface area contributed by atoms with Crippen molar-refractivity contribution in [3.05, 3.63) is 35.9 Å². The number of esters is 1. The second kappa shape index (κ2) is 3.18. The van der Waals surface area contributed by atoms with E-state index in [4.69, 9.17) is 4.74 Å². The monoisotopic (exact) mass is 178 g/mol. The van der Waals surface area contributed by atoms with Crippen LogP contribution in [-0.2, 0) is 14.3 Å². The van der Waals surface area contributed by atoms with Gasteiger partial charge in [0.25, 0.3) is 0 Å². The molecule has 0 amide bonds. The van der Waals surface area contributed by atoms with Crippen LogP contribution >= 0.6 is 0 Å². The Labute approximate surface area is 76.3 Å². The number of benzene rings is 1. The number of carbonyl (C=O) groups is 1. The van der Waals surface area contributed by atoms with Crippen LogP contribution in [0.15, 0.2) is 30.3 Å². The summed E-state index contributed by atoms with van der Waals surface area (Å²) >= 11 is 0. The van der Waals surface area contributed by atoms with Crippen molar-refractivity contribution in [3.63, 3.8) is 0 Å². The van der Waals surface area contributed by atoms with Crippen LogP contribution in [0.3, 0.4) is 0 Å². The van der Waals surface area contributed by atoms with Crippen molar-refractivity contribution >= 4 is 5.97 Å². The molecule has 1 aliphatic rings. The topological polar surface area (TPSA) is 38.8 Å². The fourth-order valence-electron chi connectivity index (χ4n) is 1.30. The summed E-state index contributed by atoms with van der Waals surface area (Å²) in [7, 11) is 1.37. The number of ether oxygens (including phenoxy) is 2. The molecule has 0 aliphatic carbocycles. The van der Waals surface area contributed by atoms with E-state index in [0.717, 1.165) is 5.56 Å². The molecular formula is C10H10O3. The summed E-state index contributed by atoms with van der Waals surface area (Å²) in [6.45, 7) is 0. The lowest BCUT2D eigenvalue weighted by Crippen LogP contribution is -2.09. The molecule has 1 aromatic carbocycles. The van der Waals surface area contributed by atoms with Crippen molar-refractivity contribution in [2.24, 2.45) is 0 Å². The Kier molecular flexibility index (Phi) is 2.02. The van der Waals surface area contributed by atoms with Crippen molar-refractivity contribution in [2.45, 2.75) is 12.2 Å². The maximum Gasteiger partial charge on any atom is 0.338 e. The third-order valence-electron chi connectivity index (χ3n) is 2.05. The van der Waals surface area contributed by atoms with E-state index >= 15 is 0 Å². The molecule has 1 aliphatic heterocycles. The van der Waals surface area contributed by atoms with Crippen molar-refractivity contribution < 1.29 is 14.3 Å². The molecule has 1 fully saturated rings. The van der Waals surface area contributed by atoms with Gasteiger partial charge in [-0.3, -0.25) is 0 Å². The average molecular weight is 178 g/mol. The molecule has 2 rings (SSSR count). The SMILES string of the molecule is COC(=O)[C@@H]1OC1c1ccccc1. The minimum Gasteiger partial charge on any atom is -0.467 e. The van der Waals surface area contributed by atoms with Crippen LogP contribution in [0, 0.1) is 0 Å². The van der Waals surface area contributed by atoms with Crippen LogP contribution in [-0.4, -0.2) is 19.2 Å².